The van der Waals surface area contributed by atoms with Gasteiger partial charge in [-0.3, -0.25) is 4.79 Å². The molecule has 0 unspecified atom stereocenters. The predicted octanol–water partition coefficient (Wildman–Crippen LogP) is 1.84. The van der Waals surface area contributed by atoms with Gasteiger partial charge in [0.1, 0.15) is 12.1 Å². The number of nitrogens with two attached hydrogens (primary N) is 1. The molecule has 1 amide bonds. The van der Waals surface area contributed by atoms with Gasteiger partial charge < -0.3 is 10.6 Å². The molecule has 5 heteroatoms. The Labute approximate surface area is 111 Å². The maximum Gasteiger partial charge on any atom is 0.256 e. The number of fused-ring (bicyclic) bond motifs is 1. The minimum atomic E-state index is 0.0448. The molecule has 2 N–H and O–H groups in total. The van der Waals surface area contributed by atoms with Crippen LogP contribution >= 0.6 is 0 Å². The third-order valence-corrected chi connectivity index (χ3v) is 3.57. The van der Waals surface area contributed by atoms with E-state index in [1.54, 1.807) is 0 Å². The summed E-state index contributed by atoms with van der Waals surface area (Å²) < 4.78 is 0. The molecule has 0 radical (unpaired) electrons. The topological polar surface area (TPSA) is 72.1 Å². The lowest BCUT2D eigenvalue weighted by molar-refractivity contribution is 0.0726. The van der Waals surface area contributed by atoms with Crippen molar-refractivity contribution in [3.05, 3.63) is 30.1 Å². The summed E-state index contributed by atoms with van der Waals surface area (Å²) in [6.45, 7) is 1.66. The minimum absolute atomic E-state index is 0.0448. The molecule has 1 aliphatic rings. The predicted molar refractivity (Wildman–Crippen MR) is 73.7 cm³/mol. The zero-order chi connectivity index (χ0) is 13.2. The van der Waals surface area contributed by atoms with E-state index in [1.165, 1.54) is 12.7 Å². The summed E-state index contributed by atoms with van der Waals surface area (Å²) in [4.78, 5) is 22.6. The Bertz CT molecular complexity index is 620. The standard InChI is InChI=1S/C14H16N4O/c15-13-10-5-4-6-11(12(10)16-9-17-13)14(19)18-7-2-1-3-8-18/h4-6,9H,1-3,7-8H2,(H2,15,16,17). The van der Waals surface area contributed by atoms with Gasteiger partial charge in [0.05, 0.1) is 11.1 Å². The van der Waals surface area contributed by atoms with Crippen molar-refractivity contribution in [3.8, 4) is 0 Å². The van der Waals surface area contributed by atoms with Crippen molar-refractivity contribution in [1.29, 1.82) is 0 Å². The molecule has 1 aliphatic heterocycles. The summed E-state index contributed by atoms with van der Waals surface area (Å²) in [6.07, 6.45) is 4.76. The molecule has 1 aromatic carbocycles. The summed E-state index contributed by atoms with van der Waals surface area (Å²) in [6, 6.07) is 5.49. The number of amides is 1. The van der Waals surface area contributed by atoms with Crippen LogP contribution in [0.1, 0.15) is 29.6 Å². The minimum Gasteiger partial charge on any atom is -0.383 e. The summed E-state index contributed by atoms with van der Waals surface area (Å²) in [5, 5.41) is 0.741. The average Bonchev–Trinajstić information content (AvgIpc) is 2.47. The Balaban J connectivity index is 2.04. The average molecular weight is 256 g/mol. The molecule has 1 saturated heterocycles. The normalized spacial score (nSPS) is 15.7. The van der Waals surface area contributed by atoms with Crippen molar-refractivity contribution in [2.75, 3.05) is 18.8 Å². The summed E-state index contributed by atoms with van der Waals surface area (Å²) in [7, 11) is 0. The lowest BCUT2D eigenvalue weighted by atomic mass is 10.1. The Kier molecular flexibility index (Phi) is 3.03. The fourth-order valence-corrected chi connectivity index (χ4v) is 2.55. The largest absolute Gasteiger partial charge is 0.383 e. The molecule has 0 atom stereocenters. The summed E-state index contributed by atoms with van der Waals surface area (Å²) >= 11 is 0. The highest BCUT2D eigenvalue weighted by atomic mass is 16.2. The first-order chi connectivity index (χ1) is 9.27. The van der Waals surface area contributed by atoms with E-state index in [1.807, 2.05) is 23.1 Å². The van der Waals surface area contributed by atoms with E-state index < -0.39 is 0 Å². The van der Waals surface area contributed by atoms with Gasteiger partial charge in [0, 0.05) is 18.5 Å². The molecule has 19 heavy (non-hydrogen) atoms. The van der Waals surface area contributed by atoms with Gasteiger partial charge in [-0.05, 0) is 31.4 Å². The first-order valence-corrected chi connectivity index (χ1v) is 6.56. The zero-order valence-corrected chi connectivity index (χ0v) is 10.7. The number of carbonyl (C=O) groups excluding carboxylic acids is 1. The molecule has 0 saturated carbocycles. The molecule has 98 valence electrons. The fraction of sp³-hybridized carbons (Fsp3) is 0.357. The van der Waals surface area contributed by atoms with Gasteiger partial charge in [0.2, 0.25) is 0 Å². The van der Waals surface area contributed by atoms with Crippen molar-refractivity contribution < 1.29 is 4.79 Å². The first-order valence-electron chi connectivity index (χ1n) is 6.56. The monoisotopic (exact) mass is 256 g/mol. The van der Waals surface area contributed by atoms with Gasteiger partial charge >= 0.3 is 0 Å². The second-order valence-corrected chi connectivity index (χ2v) is 4.81. The lowest BCUT2D eigenvalue weighted by Crippen LogP contribution is -2.35. The maximum atomic E-state index is 12.5. The van der Waals surface area contributed by atoms with Crippen LogP contribution in [-0.4, -0.2) is 33.9 Å². The van der Waals surface area contributed by atoms with Crippen LogP contribution in [0.4, 0.5) is 5.82 Å². The quantitative estimate of drug-likeness (QED) is 0.845. The van der Waals surface area contributed by atoms with Crippen LogP contribution in [0.25, 0.3) is 10.9 Å². The number of carbonyl (C=O) groups is 1. The molecule has 5 nitrogen and oxygen atoms in total. The van der Waals surface area contributed by atoms with E-state index in [4.69, 9.17) is 5.73 Å². The first kappa shape index (κ1) is 11.9. The Hall–Kier alpha value is -2.17. The van der Waals surface area contributed by atoms with Crippen molar-refractivity contribution in [1.82, 2.24) is 14.9 Å². The van der Waals surface area contributed by atoms with Gasteiger partial charge in [0.15, 0.2) is 0 Å². The third kappa shape index (κ3) is 2.12. The smallest absolute Gasteiger partial charge is 0.256 e. The molecule has 1 fully saturated rings. The van der Waals surface area contributed by atoms with E-state index in [9.17, 15) is 4.79 Å². The van der Waals surface area contributed by atoms with E-state index in [-0.39, 0.29) is 5.91 Å². The number of hydrogen-bond acceptors (Lipinski definition) is 4. The third-order valence-electron chi connectivity index (χ3n) is 3.57. The van der Waals surface area contributed by atoms with Crippen LogP contribution in [0, 0.1) is 0 Å². The number of rotatable bonds is 1. The SMILES string of the molecule is Nc1ncnc2c(C(=O)N3CCCCC3)cccc12. The highest BCUT2D eigenvalue weighted by molar-refractivity contribution is 6.07. The van der Waals surface area contributed by atoms with Crippen molar-refractivity contribution in [2.24, 2.45) is 0 Å². The van der Waals surface area contributed by atoms with Crippen LogP contribution in [-0.2, 0) is 0 Å². The number of aromatic nitrogens is 2. The van der Waals surface area contributed by atoms with E-state index >= 15 is 0 Å². The number of benzene rings is 1. The molecular weight excluding hydrogens is 240 g/mol. The number of piperidine rings is 1. The van der Waals surface area contributed by atoms with Crippen molar-refractivity contribution in [2.45, 2.75) is 19.3 Å². The Morgan fingerprint density at radius 1 is 1.16 bits per heavy atom. The van der Waals surface area contributed by atoms with Crippen LogP contribution in [0.2, 0.25) is 0 Å². The number of nitrogen functional groups attached to an aromatic ring is 1. The number of likely N-dealkylation sites (tertiary alicyclic amines) is 1. The molecule has 1 aromatic heterocycles. The number of nitrogens with zero attached hydrogens (tertiary/aromatic N) is 3. The number of para-hydroxylation sites is 1. The molecule has 0 bridgehead atoms. The molecule has 0 spiro atoms. The van der Waals surface area contributed by atoms with Crippen LogP contribution in [0.3, 0.4) is 0 Å². The highest BCUT2D eigenvalue weighted by Crippen LogP contribution is 2.22. The number of anilines is 1. The molecule has 2 heterocycles. The van der Waals surface area contributed by atoms with E-state index in [0.717, 1.165) is 31.3 Å². The summed E-state index contributed by atoms with van der Waals surface area (Å²) in [5.74, 6) is 0.460. The zero-order valence-electron chi connectivity index (χ0n) is 10.7. The van der Waals surface area contributed by atoms with E-state index in [0.29, 0.717) is 16.9 Å². The van der Waals surface area contributed by atoms with Gasteiger partial charge in [-0.15, -0.1) is 0 Å². The van der Waals surface area contributed by atoms with Gasteiger partial charge in [-0.25, -0.2) is 9.97 Å². The van der Waals surface area contributed by atoms with Crippen molar-refractivity contribution >= 4 is 22.6 Å². The fourth-order valence-electron chi connectivity index (χ4n) is 2.55. The second kappa shape index (κ2) is 4.84. The molecular formula is C14H16N4O. The van der Waals surface area contributed by atoms with Gasteiger partial charge in [0.25, 0.3) is 5.91 Å². The van der Waals surface area contributed by atoms with Crippen molar-refractivity contribution in [3.63, 3.8) is 0 Å². The molecule has 0 aliphatic carbocycles. The Morgan fingerprint density at radius 3 is 2.74 bits per heavy atom. The molecule has 2 aromatic rings. The summed E-state index contributed by atoms with van der Waals surface area (Å²) in [5.41, 5.74) is 7.09. The van der Waals surface area contributed by atoms with Gasteiger partial charge in [-0.1, -0.05) is 6.07 Å². The van der Waals surface area contributed by atoms with Crippen LogP contribution < -0.4 is 5.73 Å². The van der Waals surface area contributed by atoms with E-state index in [2.05, 4.69) is 9.97 Å². The lowest BCUT2D eigenvalue weighted by Gasteiger charge is -2.27. The van der Waals surface area contributed by atoms with Gasteiger partial charge in [-0.2, -0.15) is 0 Å². The highest BCUT2D eigenvalue weighted by Gasteiger charge is 2.20. The number of hydrogen-bond donors (Lipinski definition) is 1. The van der Waals surface area contributed by atoms with Crippen LogP contribution in [0.15, 0.2) is 24.5 Å². The molecule has 3 rings (SSSR count). The second-order valence-electron chi connectivity index (χ2n) is 4.81. The Morgan fingerprint density at radius 2 is 1.95 bits per heavy atom. The van der Waals surface area contributed by atoms with Crippen LogP contribution in [0.5, 0.6) is 0 Å². The maximum absolute atomic E-state index is 12.5.